The van der Waals surface area contributed by atoms with Crippen molar-refractivity contribution in [1.29, 1.82) is 0 Å². The number of unbranched alkanes of at least 4 members (excludes halogenated alkanes) is 1. The second kappa shape index (κ2) is 8.52. The first-order valence-corrected chi connectivity index (χ1v) is 10.7. The average molecular weight is 387 g/mol. The standard InChI is InChI=1S/C18H27ClN2O3S/c1-2-3-6-15(13-20)21-17(22)18(11-4-5-12-18)25(23,24)16-9-7-14(19)8-10-16/h7-10,15H,2-6,11-13,20H2,1H3,(H,21,22). The van der Waals surface area contributed by atoms with Crippen molar-refractivity contribution in [2.45, 2.75) is 67.6 Å². The summed E-state index contributed by atoms with van der Waals surface area (Å²) in [5.41, 5.74) is 5.76. The average Bonchev–Trinajstić information content (AvgIpc) is 3.10. The van der Waals surface area contributed by atoms with E-state index < -0.39 is 20.5 Å². The molecule has 25 heavy (non-hydrogen) atoms. The lowest BCUT2D eigenvalue weighted by Gasteiger charge is -2.30. The van der Waals surface area contributed by atoms with Gasteiger partial charge in [0.25, 0.3) is 0 Å². The first-order chi connectivity index (χ1) is 11.9. The molecule has 1 fully saturated rings. The van der Waals surface area contributed by atoms with Gasteiger partial charge in [0.05, 0.1) is 4.90 Å². The van der Waals surface area contributed by atoms with Crippen LogP contribution in [0.2, 0.25) is 5.02 Å². The molecule has 1 atom stereocenters. The van der Waals surface area contributed by atoms with Crippen LogP contribution < -0.4 is 11.1 Å². The molecule has 7 heteroatoms. The molecule has 1 aliphatic carbocycles. The molecule has 0 aliphatic heterocycles. The van der Waals surface area contributed by atoms with E-state index in [1.165, 1.54) is 12.1 Å². The summed E-state index contributed by atoms with van der Waals surface area (Å²) in [5, 5.41) is 3.37. The molecular weight excluding hydrogens is 360 g/mol. The van der Waals surface area contributed by atoms with Crippen LogP contribution in [0.3, 0.4) is 0 Å². The predicted octanol–water partition coefficient (Wildman–Crippen LogP) is 3.06. The number of halogens is 1. The first kappa shape index (κ1) is 20.2. The van der Waals surface area contributed by atoms with E-state index in [9.17, 15) is 13.2 Å². The SMILES string of the molecule is CCCCC(CN)NC(=O)C1(S(=O)(=O)c2ccc(Cl)cc2)CCCC1. The van der Waals surface area contributed by atoms with Gasteiger partial charge in [0, 0.05) is 17.6 Å². The van der Waals surface area contributed by atoms with Gasteiger partial charge in [-0.3, -0.25) is 4.79 Å². The van der Waals surface area contributed by atoms with Crippen molar-refractivity contribution < 1.29 is 13.2 Å². The van der Waals surface area contributed by atoms with Gasteiger partial charge in [-0.05, 0) is 43.5 Å². The number of carbonyl (C=O) groups is 1. The van der Waals surface area contributed by atoms with Crippen LogP contribution in [0.1, 0.15) is 51.9 Å². The Morgan fingerprint density at radius 3 is 2.40 bits per heavy atom. The molecule has 1 aliphatic rings. The third-order valence-corrected chi connectivity index (χ3v) is 7.76. The molecule has 2 rings (SSSR count). The monoisotopic (exact) mass is 386 g/mol. The summed E-state index contributed by atoms with van der Waals surface area (Å²) in [6, 6.07) is 5.84. The fraction of sp³-hybridized carbons (Fsp3) is 0.611. The van der Waals surface area contributed by atoms with E-state index in [0.717, 1.165) is 32.1 Å². The smallest absolute Gasteiger partial charge is 0.242 e. The lowest BCUT2D eigenvalue weighted by atomic mass is 10.0. The second-order valence-corrected chi connectivity index (χ2v) is 9.40. The Morgan fingerprint density at radius 2 is 1.88 bits per heavy atom. The summed E-state index contributed by atoms with van der Waals surface area (Å²) < 4.78 is 25.1. The molecule has 0 saturated heterocycles. The topological polar surface area (TPSA) is 89.3 Å². The van der Waals surface area contributed by atoms with Crippen LogP contribution in [0.25, 0.3) is 0 Å². The molecule has 0 heterocycles. The maximum atomic E-state index is 13.3. The van der Waals surface area contributed by atoms with Gasteiger partial charge in [0.2, 0.25) is 5.91 Å². The van der Waals surface area contributed by atoms with Gasteiger partial charge in [-0.1, -0.05) is 44.2 Å². The number of sulfone groups is 1. The predicted molar refractivity (Wildman–Crippen MR) is 100 cm³/mol. The van der Waals surface area contributed by atoms with Gasteiger partial charge in [0.15, 0.2) is 14.6 Å². The summed E-state index contributed by atoms with van der Waals surface area (Å²) in [6.45, 7) is 2.38. The van der Waals surface area contributed by atoms with Crippen LogP contribution in [0.5, 0.6) is 0 Å². The number of amides is 1. The normalized spacial score (nSPS) is 18.0. The fourth-order valence-electron chi connectivity index (χ4n) is 3.42. The maximum Gasteiger partial charge on any atom is 0.242 e. The fourth-order valence-corrected chi connectivity index (χ4v) is 5.62. The van der Waals surface area contributed by atoms with Crippen LogP contribution in [-0.4, -0.2) is 31.7 Å². The van der Waals surface area contributed by atoms with Crippen molar-refractivity contribution in [1.82, 2.24) is 5.32 Å². The molecule has 1 amide bonds. The molecule has 0 bridgehead atoms. The van der Waals surface area contributed by atoms with E-state index in [2.05, 4.69) is 12.2 Å². The number of hydrogen-bond acceptors (Lipinski definition) is 4. The van der Waals surface area contributed by atoms with E-state index in [0.29, 0.717) is 24.4 Å². The van der Waals surface area contributed by atoms with Crippen LogP contribution in [-0.2, 0) is 14.6 Å². The third kappa shape index (κ3) is 4.18. The van der Waals surface area contributed by atoms with Crippen molar-refractivity contribution >= 4 is 27.3 Å². The molecule has 1 saturated carbocycles. The van der Waals surface area contributed by atoms with Crippen molar-refractivity contribution in [3.05, 3.63) is 29.3 Å². The summed E-state index contributed by atoms with van der Waals surface area (Å²) >= 11 is 5.87. The Morgan fingerprint density at radius 1 is 1.28 bits per heavy atom. The zero-order valence-corrected chi connectivity index (χ0v) is 16.2. The Kier molecular flexibility index (Phi) is 6.88. The highest BCUT2D eigenvalue weighted by atomic mass is 35.5. The quantitative estimate of drug-likeness (QED) is 0.718. The highest BCUT2D eigenvalue weighted by Crippen LogP contribution is 2.41. The minimum absolute atomic E-state index is 0.145. The Balaban J connectivity index is 2.31. The molecule has 1 unspecified atom stereocenters. The van der Waals surface area contributed by atoms with Gasteiger partial charge in [0.1, 0.15) is 0 Å². The molecule has 3 N–H and O–H groups in total. The number of rotatable bonds is 8. The summed E-state index contributed by atoms with van der Waals surface area (Å²) in [6.07, 6.45) is 4.84. The molecule has 5 nitrogen and oxygen atoms in total. The van der Waals surface area contributed by atoms with Crippen LogP contribution in [0, 0.1) is 0 Å². The van der Waals surface area contributed by atoms with Crippen molar-refractivity contribution in [3.63, 3.8) is 0 Å². The molecular formula is C18H27ClN2O3S. The molecule has 0 radical (unpaired) electrons. The minimum atomic E-state index is -3.80. The van der Waals surface area contributed by atoms with Crippen molar-refractivity contribution in [2.75, 3.05) is 6.54 Å². The zero-order valence-electron chi connectivity index (χ0n) is 14.6. The highest BCUT2D eigenvalue weighted by molar-refractivity contribution is 7.93. The number of nitrogens with one attached hydrogen (secondary N) is 1. The Bertz CT molecular complexity index is 683. The minimum Gasteiger partial charge on any atom is -0.351 e. The number of benzene rings is 1. The van der Waals surface area contributed by atoms with Crippen molar-refractivity contribution in [2.24, 2.45) is 5.73 Å². The lowest BCUT2D eigenvalue weighted by Crippen LogP contribution is -2.54. The summed E-state index contributed by atoms with van der Waals surface area (Å²) in [7, 11) is -3.80. The lowest BCUT2D eigenvalue weighted by molar-refractivity contribution is -0.124. The van der Waals surface area contributed by atoms with Crippen LogP contribution in [0.4, 0.5) is 0 Å². The zero-order chi connectivity index (χ0) is 18.5. The summed E-state index contributed by atoms with van der Waals surface area (Å²) in [4.78, 5) is 13.2. The molecule has 140 valence electrons. The maximum absolute atomic E-state index is 13.3. The van der Waals surface area contributed by atoms with E-state index in [1.807, 2.05) is 0 Å². The largest absolute Gasteiger partial charge is 0.351 e. The molecule has 1 aromatic rings. The van der Waals surface area contributed by atoms with Crippen LogP contribution >= 0.6 is 11.6 Å². The van der Waals surface area contributed by atoms with Crippen LogP contribution in [0.15, 0.2) is 29.2 Å². The van der Waals surface area contributed by atoms with Gasteiger partial charge in [-0.2, -0.15) is 0 Å². The number of carbonyl (C=O) groups excluding carboxylic acids is 1. The Hall–Kier alpha value is -1.11. The van der Waals surface area contributed by atoms with E-state index in [1.54, 1.807) is 12.1 Å². The first-order valence-electron chi connectivity index (χ1n) is 8.88. The third-order valence-electron chi connectivity index (χ3n) is 4.99. The molecule has 0 aromatic heterocycles. The van der Waals surface area contributed by atoms with Gasteiger partial charge in [-0.25, -0.2) is 8.42 Å². The number of nitrogens with two attached hydrogens (primary N) is 1. The Labute approximate surface area is 155 Å². The molecule has 0 spiro atoms. The molecule has 1 aromatic carbocycles. The van der Waals surface area contributed by atoms with E-state index in [-0.39, 0.29) is 10.9 Å². The van der Waals surface area contributed by atoms with E-state index in [4.69, 9.17) is 17.3 Å². The van der Waals surface area contributed by atoms with Gasteiger partial charge < -0.3 is 11.1 Å². The summed E-state index contributed by atoms with van der Waals surface area (Å²) in [5.74, 6) is -0.411. The highest BCUT2D eigenvalue weighted by Gasteiger charge is 2.53. The second-order valence-electron chi connectivity index (χ2n) is 6.71. The van der Waals surface area contributed by atoms with Crippen molar-refractivity contribution in [3.8, 4) is 0 Å². The van der Waals surface area contributed by atoms with E-state index >= 15 is 0 Å². The van der Waals surface area contributed by atoms with Gasteiger partial charge >= 0.3 is 0 Å². The number of hydrogen-bond donors (Lipinski definition) is 2. The van der Waals surface area contributed by atoms with Gasteiger partial charge in [-0.15, -0.1) is 0 Å².